The number of carbonyl (C=O) groups excluding carboxylic acids is 1. The summed E-state index contributed by atoms with van der Waals surface area (Å²) in [4.78, 5) is 13.3. The Kier molecular flexibility index (Phi) is 5.17. The second kappa shape index (κ2) is 7.58. The zero-order chi connectivity index (χ0) is 18.9. The number of nitrogens with one attached hydrogen (secondary N) is 2. The third-order valence-corrected chi connectivity index (χ3v) is 5.85. The lowest BCUT2D eigenvalue weighted by Gasteiger charge is -2.36. The van der Waals surface area contributed by atoms with E-state index in [1.807, 2.05) is 24.3 Å². The van der Waals surface area contributed by atoms with Crippen molar-refractivity contribution in [3.63, 3.8) is 0 Å². The maximum Gasteiger partial charge on any atom is 0.235 e. The highest BCUT2D eigenvalue weighted by atomic mass is 35.5. The fourth-order valence-electron chi connectivity index (χ4n) is 4.02. The Bertz CT molecular complexity index is 865. The van der Waals surface area contributed by atoms with Crippen LogP contribution >= 0.6 is 11.6 Å². The molecule has 142 valence electrons. The van der Waals surface area contributed by atoms with E-state index in [1.54, 1.807) is 12.1 Å². The molecule has 4 rings (SSSR count). The molecule has 27 heavy (non-hydrogen) atoms. The number of carbonyl (C=O) groups is 1. The Morgan fingerprint density at radius 2 is 2.04 bits per heavy atom. The highest BCUT2D eigenvalue weighted by Gasteiger charge is 2.42. The summed E-state index contributed by atoms with van der Waals surface area (Å²) in [6.07, 6.45) is 1.70. The zero-order valence-electron chi connectivity index (χ0n) is 15.0. The minimum atomic E-state index is -0.771. The van der Waals surface area contributed by atoms with Gasteiger partial charge in [-0.2, -0.15) is 0 Å². The van der Waals surface area contributed by atoms with E-state index in [2.05, 4.69) is 10.6 Å². The van der Waals surface area contributed by atoms with Crippen LogP contribution in [0, 0.1) is 5.82 Å². The number of amides is 1. The van der Waals surface area contributed by atoms with Gasteiger partial charge in [0.15, 0.2) is 0 Å². The van der Waals surface area contributed by atoms with Gasteiger partial charge < -0.3 is 15.4 Å². The summed E-state index contributed by atoms with van der Waals surface area (Å²) in [5, 5.41) is 6.67. The smallest absolute Gasteiger partial charge is 0.235 e. The molecule has 0 radical (unpaired) electrons. The molecule has 1 fully saturated rings. The fourth-order valence-corrected chi connectivity index (χ4v) is 4.22. The van der Waals surface area contributed by atoms with Gasteiger partial charge in [0.05, 0.1) is 11.1 Å². The number of ether oxygens (including phenoxy) is 1. The summed E-state index contributed by atoms with van der Waals surface area (Å²) in [7, 11) is 0. The van der Waals surface area contributed by atoms with E-state index in [9.17, 15) is 9.18 Å². The van der Waals surface area contributed by atoms with Crippen LogP contribution in [0.5, 0.6) is 0 Å². The van der Waals surface area contributed by atoms with Crippen molar-refractivity contribution >= 4 is 23.2 Å². The maximum atomic E-state index is 15.0. The van der Waals surface area contributed by atoms with Gasteiger partial charge in [-0.25, -0.2) is 4.39 Å². The van der Waals surface area contributed by atoms with Crippen LogP contribution in [0.25, 0.3) is 0 Å². The van der Waals surface area contributed by atoms with Gasteiger partial charge in [-0.15, -0.1) is 0 Å². The van der Waals surface area contributed by atoms with Crippen molar-refractivity contribution in [1.29, 1.82) is 0 Å². The van der Waals surface area contributed by atoms with Gasteiger partial charge >= 0.3 is 0 Å². The predicted octanol–water partition coefficient (Wildman–Crippen LogP) is 3.81. The number of halogens is 2. The van der Waals surface area contributed by atoms with E-state index in [0.29, 0.717) is 49.6 Å². The quantitative estimate of drug-likeness (QED) is 0.840. The van der Waals surface area contributed by atoms with Crippen molar-refractivity contribution < 1.29 is 13.9 Å². The monoisotopic (exact) mass is 388 g/mol. The SMILES string of the molecule is O=C(Nc1ccc2c(c1F)CCNC2)C1(c2cccc(Cl)c2)CCOCC1. The van der Waals surface area contributed by atoms with E-state index >= 15 is 0 Å². The summed E-state index contributed by atoms with van der Waals surface area (Å²) in [6.45, 7) is 2.37. The Balaban J connectivity index is 1.67. The maximum absolute atomic E-state index is 15.0. The highest BCUT2D eigenvalue weighted by molar-refractivity contribution is 6.30. The molecule has 2 heterocycles. The molecule has 0 bridgehead atoms. The van der Waals surface area contributed by atoms with E-state index in [4.69, 9.17) is 16.3 Å². The third kappa shape index (κ3) is 3.47. The van der Waals surface area contributed by atoms with Gasteiger partial charge in [-0.05, 0) is 60.7 Å². The van der Waals surface area contributed by atoms with Crippen LogP contribution < -0.4 is 10.6 Å². The number of anilines is 1. The summed E-state index contributed by atoms with van der Waals surface area (Å²) >= 11 is 6.17. The molecule has 2 aliphatic rings. The van der Waals surface area contributed by atoms with Crippen LogP contribution in [0.2, 0.25) is 5.02 Å². The van der Waals surface area contributed by atoms with Crippen LogP contribution in [0.3, 0.4) is 0 Å². The molecule has 1 saturated heterocycles. The molecule has 2 aliphatic heterocycles. The first-order valence-corrected chi connectivity index (χ1v) is 9.64. The number of rotatable bonds is 3. The van der Waals surface area contributed by atoms with Crippen molar-refractivity contribution in [3.05, 3.63) is 63.9 Å². The summed E-state index contributed by atoms with van der Waals surface area (Å²) in [5.41, 5.74) is 1.96. The van der Waals surface area contributed by atoms with Gasteiger partial charge in [0, 0.05) is 24.8 Å². The molecule has 2 aromatic carbocycles. The minimum absolute atomic E-state index is 0.208. The van der Waals surface area contributed by atoms with E-state index in [1.165, 1.54) is 0 Å². The van der Waals surface area contributed by atoms with Crippen molar-refractivity contribution in [2.45, 2.75) is 31.2 Å². The Labute approximate surface area is 163 Å². The van der Waals surface area contributed by atoms with Crippen molar-refractivity contribution in [2.75, 3.05) is 25.1 Å². The zero-order valence-corrected chi connectivity index (χ0v) is 15.7. The third-order valence-electron chi connectivity index (χ3n) is 5.61. The van der Waals surface area contributed by atoms with Gasteiger partial charge in [0.25, 0.3) is 0 Å². The van der Waals surface area contributed by atoms with Crippen LogP contribution in [-0.2, 0) is 27.9 Å². The summed E-state index contributed by atoms with van der Waals surface area (Å²) in [5.74, 6) is -0.531. The lowest BCUT2D eigenvalue weighted by molar-refractivity contribution is -0.125. The highest BCUT2D eigenvalue weighted by Crippen LogP contribution is 2.37. The van der Waals surface area contributed by atoms with Gasteiger partial charge in [-0.3, -0.25) is 4.79 Å². The molecule has 0 aliphatic carbocycles. The standard InChI is InChI=1S/C21H22ClFN2O2/c22-16-3-1-2-15(12-16)21(7-10-27-11-8-21)20(26)25-18-5-4-14-13-24-9-6-17(14)19(18)23/h1-5,12,24H,6-11,13H2,(H,25,26). The molecule has 0 saturated carbocycles. The van der Waals surface area contributed by atoms with Gasteiger partial charge in [-0.1, -0.05) is 29.8 Å². The molecule has 0 unspecified atom stereocenters. The lowest BCUT2D eigenvalue weighted by atomic mass is 9.73. The molecule has 6 heteroatoms. The van der Waals surface area contributed by atoms with Crippen LogP contribution in [-0.4, -0.2) is 25.7 Å². The predicted molar refractivity (Wildman–Crippen MR) is 104 cm³/mol. The van der Waals surface area contributed by atoms with Gasteiger partial charge in [0.1, 0.15) is 5.82 Å². The largest absolute Gasteiger partial charge is 0.381 e. The number of benzene rings is 2. The molecule has 2 N–H and O–H groups in total. The van der Waals surface area contributed by atoms with Crippen LogP contribution in [0.15, 0.2) is 36.4 Å². The van der Waals surface area contributed by atoms with Crippen molar-refractivity contribution in [3.8, 4) is 0 Å². The van der Waals surface area contributed by atoms with Crippen molar-refractivity contribution in [2.24, 2.45) is 0 Å². The topological polar surface area (TPSA) is 50.4 Å². The molecular formula is C21H22ClFN2O2. The Morgan fingerprint density at radius 1 is 1.22 bits per heavy atom. The number of hydrogen-bond donors (Lipinski definition) is 2. The first-order chi connectivity index (χ1) is 13.1. The van der Waals surface area contributed by atoms with E-state index in [0.717, 1.165) is 17.7 Å². The summed E-state index contributed by atoms with van der Waals surface area (Å²) in [6, 6.07) is 10.9. The average Bonchev–Trinajstić information content (AvgIpc) is 2.71. The van der Waals surface area contributed by atoms with E-state index in [-0.39, 0.29) is 17.4 Å². The molecule has 4 nitrogen and oxygen atoms in total. The normalized spacial score (nSPS) is 18.6. The molecule has 0 atom stereocenters. The van der Waals surface area contributed by atoms with E-state index < -0.39 is 5.41 Å². The summed E-state index contributed by atoms with van der Waals surface area (Å²) < 4.78 is 20.5. The van der Waals surface area contributed by atoms with Gasteiger partial charge in [0.2, 0.25) is 5.91 Å². The average molecular weight is 389 g/mol. The first kappa shape index (κ1) is 18.4. The second-order valence-corrected chi connectivity index (χ2v) is 7.59. The van der Waals surface area contributed by atoms with Crippen LogP contribution in [0.1, 0.15) is 29.5 Å². The van der Waals surface area contributed by atoms with Crippen molar-refractivity contribution in [1.82, 2.24) is 5.32 Å². The first-order valence-electron chi connectivity index (χ1n) is 9.26. The number of fused-ring (bicyclic) bond motifs is 1. The molecule has 0 spiro atoms. The second-order valence-electron chi connectivity index (χ2n) is 7.15. The molecule has 1 amide bonds. The number of hydrogen-bond acceptors (Lipinski definition) is 3. The molecular weight excluding hydrogens is 367 g/mol. The lowest BCUT2D eigenvalue weighted by Crippen LogP contribution is -2.45. The minimum Gasteiger partial charge on any atom is -0.381 e. The Morgan fingerprint density at radius 3 is 2.81 bits per heavy atom. The molecule has 0 aromatic heterocycles. The Hall–Kier alpha value is -1.95. The van der Waals surface area contributed by atoms with Crippen LogP contribution in [0.4, 0.5) is 10.1 Å². The fraction of sp³-hybridized carbons (Fsp3) is 0.381. The molecule has 2 aromatic rings.